The van der Waals surface area contributed by atoms with E-state index in [0.717, 1.165) is 0 Å². The third-order valence-corrected chi connectivity index (χ3v) is 3.56. The number of benzene rings is 1. The molecule has 0 saturated heterocycles. The molecule has 7 nitrogen and oxygen atoms in total. The lowest BCUT2D eigenvalue weighted by Gasteiger charge is -2.32. The van der Waals surface area contributed by atoms with Crippen molar-refractivity contribution in [3.63, 3.8) is 0 Å². The van der Waals surface area contributed by atoms with Gasteiger partial charge in [0.1, 0.15) is 11.8 Å². The van der Waals surface area contributed by atoms with E-state index in [4.69, 9.17) is 4.74 Å². The van der Waals surface area contributed by atoms with E-state index in [2.05, 4.69) is 0 Å². The van der Waals surface area contributed by atoms with Crippen molar-refractivity contribution in [3.8, 4) is 0 Å². The average molecular weight is 291 g/mol. The van der Waals surface area contributed by atoms with E-state index in [1.165, 1.54) is 7.11 Å². The van der Waals surface area contributed by atoms with Gasteiger partial charge >= 0.3 is 5.70 Å². The van der Waals surface area contributed by atoms with E-state index in [1.807, 2.05) is 18.2 Å². The number of likely N-dealkylation sites (N-methyl/N-ethyl adjacent to an activating group) is 1. The van der Waals surface area contributed by atoms with Gasteiger partial charge < -0.3 is 9.53 Å². The van der Waals surface area contributed by atoms with Gasteiger partial charge in [0, 0.05) is 14.2 Å². The van der Waals surface area contributed by atoms with Crippen LogP contribution in [-0.2, 0) is 9.53 Å². The number of methoxy groups -OCH3 is 1. The molecule has 1 heterocycles. The standard InChI is InChI=1S/C14H17N3O4/c1-10(21-3)13-14(17(19)20)12(9-18)16(15(13)2)11-7-5-4-6-8-11/h4-10,12H,1-3H3. The third kappa shape index (κ3) is 2.47. The highest BCUT2D eigenvalue weighted by Crippen LogP contribution is 2.34. The van der Waals surface area contributed by atoms with E-state index in [-0.39, 0.29) is 5.70 Å². The number of hydrogen-bond donors (Lipinski definition) is 0. The summed E-state index contributed by atoms with van der Waals surface area (Å²) in [5.74, 6) is 0. The minimum absolute atomic E-state index is 0.147. The van der Waals surface area contributed by atoms with Crippen LogP contribution in [0.3, 0.4) is 0 Å². The molecule has 1 aliphatic heterocycles. The number of carbonyl (C=O) groups excluding carboxylic acids is 1. The predicted molar refractivity (Wildman–Crippen MR) is 77.0 cm³/mol. The first-order valence-electron chi connectivity index (χ1n) is 6.47. The molecule has 0 aliphatic carbocycles. The Morgan fingerprint density at radius 2 is 2.00 bits per heavy atom. The van der Waals surface area contributed by atoms with Crippen LogP contribution in [0.4, 0.5) is 5.69 Å². The summed E-state index contributed by atoms with van der Waals surface area (Å²) in [6.07, 6.45) is 0.0864. The Hall–Kier alpha value is -2.41. The molecule has 2 unspecified atom stereocenters. The molecule has 0 bridgehead atoms. The highest BCUT2D eigenvalue weighted by Gasteiger charge is 2.46. The Morgan fingerprint density at radius 3 is 2.48 bits per heavy atom. The van der Waals surface area contributed by atoms with Crippen molar-refractivity contribution < 1.29 is 14.5 Å². The monoisotopic (exact) mass is 291 g/mol. The first-order chi connectivity index (χ1) is 10.0. The molecule has 21 heavy (non-hydrogen) atoms. The van der Waals surface area contributed by atoms with Gasteiger partial charge in [-0.3, -0.25) is 20.1 Å². The molecule has 1 aromatic carbocycles. The van der Waals surface area contributed by atoms with Gasteiger partial charge in [-0.2, -0.15) is 0 Å². The second-order valence-electron chi connectivity index (χ2n) is 4.69. The molecule has 0 N–H and O–H groups in total. The van der Waals surface area contributed by atoms with Crippen molar-refractivity contribution in [1.29, 1.82) is 0 Å². The van der Waals surface area contributed by atoms with Gasteiger partial charge in [0.05, 0.1) is 10.6 Å². The van der Waals surface area contributed by atoms with Gasteiger partial charge in [0.15, 0.2) is 12.3 Å². The number of aldehydes is 1. The minimum atomic E-state index is -0.972. The van der Waals surface area contributed by atoms with Crippen molar-refractivity contribution >= 4 is 12.0 Å². The Labute approximate surface area is 122 Å². The molecule has 2 atom stereocenters. The van der Waals surface area contributed by atoms with Crippen molar-refractivity contribution in [2.45, 2.75) is 19.1 Å². The first kappa shape index (κ1) is 15.0. The lowest BCUT2D eigenvalue weighted by molar-refractivity contribution is -0.428. The topological polar surface area (TPSA) is 75.9 Å². The Kier molecular flexibility index (Phi) is 4.23. The fraction of sp³-hybridized carbons (Fsp3) is 0.357. The van der Waals surface area contributed by atoms with E-state index in [0.29, 0.717) is 17.7 Å². The number of ether oxygens (including phenoxy) is 1. The number of para-hydroxylation sites is 1. The summed E-state index contributed by atoms with van der Waals surface area (Å²) in [5, 5.41) is 14.6. The molecule has 112 valence electrons. The zero-order chi connectivity index (χ0) is 15.6. The molecule has 1 aliphatic rings. The summed E-state index contributed by atoms with van der Waals surface area (Å²) < 4.78 is 5.22. The lowest BCUT2D eigenvalue weighted by Crippen LogP contribution is -2.43. The van der Waals surface area contributed by atoms with Gasteiger partial charge in [-0.25, -0.2) is 0 Å². The van der Waals surface area contributed by atoms with Crippen LogP contribution in [-0.4, -0.2) is 42.5 Å². The number of carbonyl (C=O) groups is 1. The minimum Gasteiger partial charge on any atom is -0.375 e. The van der Waals surface area contributed by atoms with E-state index in [9.17, 15) is 14.9 Å². The molecule has 0 amide bonds. The maximum absolute atomic E-state index is 11.5. The number of nitrogens with zero attached hydrogens (tertiary/aromatic N) is 3. The van der Waals surface area contributed by atoms with Gasteiger partial charge in [-0.05, 0) is 19.1 Å². The molecular formula is C14H17N3O4. The lowest BCUT2D eigenvalue weighted by atomic mass is 10.1. The largest absolute Gasteiger partial charge is 0.375 e. The molecule has 0 saturated carbocycles. The van der Waals surface area contributed by atoms with E-state index < -0.39 is 17.1 Å². The third-order valence-electron chi connectivity index (χ3n) is 3.56. The second kappa shape index (κ2) is 5.92. The van der Waals surface area contributed by atoms with Gasteiger partial charge in [-0.1, -0.05) is 18.2 Å². The molecule has 0 aromatic heterocycles. The van der Waals surface area contributed by atoms with Crippen LogP contribution < -0.4 is 5.01 Å². The van der Waals surface area contributed by atoms with Crippen molar-refractivity contribution in [3.05, 3.63) is 51.8 Å². The van der Waals surface area contributed by atoms with E-state index in [1.54, 1.807) is 36.1 Å². The summed E-state index contributed by atoms with van der Waals surface area (Å²) in [6.45, 7) is 1.71. The van der Waals surface area contributed by atoms with Crippen LogP contribution in [0.5, 0.6) is 0 Å². The van der Waals surface area contributed by atoms with Crippen LogP contribution in [0, 0.1) is 10.1 Å². The summed E-state index contributed by atoms with van der Waals surface area (Å²) in [6, 6.07) is 8.09. The number of rotatable bonds is 5. The van der Waals surface area contributed by atoms with Gasteiger partial charge in [0.2, 0.25) is 0 Å². The first-order valence-corrected chi connectivity index (χ1v) is 6.47. The second-order valence-corrected chi connectivity index (χ2v) is 4.69. The SMILES string of the molecule is COC(C)C1=C([N+](=O)[O-])C(C=O)N(c2ccccc2)N1C. The van der Waals surface area contributed by atoms with Crippen LogP contribution >= 0.6 is 0 Å². The molecule has 2 rings (SSSR count). The maximum atomic E-state index is 11.5. The zero-order valence-corrected chi connectivity index (χ0v) is 12.1. The summed E-state index contributed by atoms with van der Waals surface area (Å²) in [4.78, 5) is 22.4. The Bertz CT molecular complexity index is 573. The molecule has 0 radical (unpaired) electrons. The highest BCUT2D eigenvalue weighted by atomic mass is 16.6. The number of hydrazine groups is 1. The van der Waals surface area contributed by atoms with Crippen LogP contribution in [0.15, 0.2) is 41.7 Å². The van der Waals surface area contributed by atoms with Crippen LogP contribution in [0.2, 0.25) is 0 Å². The van der Waals surface area contributed by atoms with Crippen molar-refractivity contribution in [2.24, 2.45) is 0 Å². The number of anilines is 1. The molecule has 1 aromatic rings. The fourth-order valence-corrected chi connectivity index (χ4v) is 2.56. The number of nitro groups is 1. The zero-order valence-electron chi connectivity index (χ0n) is 12.1. The highest BCUT2D eigenvalue weighted by molar-refractivity contribution is 5.72. The van der Waals surface area contributed by atoms with Crippen LogP contribution in [0.1, 0.15) is 6.92 Å². The van der Waals surface area contributed by atoms with Crippen molar-refractivity contribution in [2.75, 3.05) is 19.2 Å². The fourth-order valence-electron chi connectivity index (χ4n) is 2.56. The van der Waals surface area contributed by atoms with Crippen molar-refractivity contribution in [1.82, 2.24) is 5.01 Å². The quantitative estimate of drug-likeness (QED) is 0.464. The smallest absolute Gasteiger partial charge is 0.301 e. The summed E-state index contributed by atoms with van der Waals surface area (Å²) >= 11 is 0. The predicted octanol–water partition coefficient (Wildman–Crippen LogP) is 1.44. The van der Waals surface area contributed by atoms with Crippen LogP contribution in [0.25, 0.3) is 0 Å². The Morgan fingerprint density at radius 1 is 1.38 bits per heavy atom. The van der Waals surface area contributed by atoms with E-state index >= 15 is 0 Å². The average Bonchev–Trinajstić information content (AvgIpc) is 2.80. The maximum Gasteiger partial charge on any atom is 0.301 e. The molecule has 0 spiro atoms. The number of hydrogen-bond acceptors (Lipinski definition) is 6. The van der Waals surface area contributed by atoms with Gasteiger partial charge in [-0.15, -0.1) is 0 Å². The normalized spacial score (nSPS) is 19.9. The molecular weight excluding hydrogens is 274 g/mol. The van der Waals surface area contributed by atoms with Gasteiger partial charge in [0.25, 0.3) is 0 Å². The molecule has 7 heteroatoms. The Balaban J connectivity index is 2.54. The summed E-state index contributed by atoms with van der Waals surface area (Å²) in [7, 11) is 3.16. The molecule has 0 fully saturated rings. The summed E-state index contributed by atoms with van der Waals surface area (Å²) in [5.41, 5.74) is 0.934.